The molecule has 19 heavy (non-hydrogen) atoms. The summed E-state index contributed by atoms with van der Waals surface area (Å²) >= 11 is 0. The molecule has 0 aliphatic heterocycles. The highest BCUT2D eigenvalue weighted by Crippen LogP contribution is 2.26. The lowest BCUT2D eigenvalue weighted by molar-refractivity contribution is 0.562. The molecule has 0 radical (unpaired) electrons. The third kappa shape index (κ3) is 6.32. The summed E-state index contributed by atoms with van der Waals surface area (Å²) in [5.41, 5.74) is 6.95. The van der Waals surface area contributed by atoms with Crippen molar-refractivity contribution in [1.29, 1.82) is 10.8 Å². The van der Waals surface area contributed by atoms with Gasteiger partial charge >= 0.3 is 0 Å². The Morgan fingerprint density at radius 3 is 1.58 bits per heavy atom. The fraction of sp³-hybridized carbons (Fsp3) is 0.429. The molecular formula is C14H21N3O2. The Hall–Kier alpha value is -2.22. The van der Waals surface area contributed by atoms with E-state index in [0.717, 1.165) is 12.2 Å². The van der Waals surface area contributed by atoms with Gasteiger partial charge in [-0.1, -0.05) is 0 Å². The molecule has 0 atom stereocenters. The summed E-state index contributed by atoms with van der Waals surface area (Å²) in [7, 11) is 4.19. The second-order valence-electron chi connectivity index (χ2n) is 4.19. The van der Waals surface area contributed by atoms with Crippen molar-refractivity contribution in [3.63, 3.8) is 0 Å². The van der Waals surface area contributed by atoms with Gasteiger partial charge in [-0.2, -0.15) is 0 Å². The van der Waals surface area contributed by atoms with E-state index < -0.39 is 0 Å². The van der Waals surface area contributed by atoms with Crippen molar-refractivity contribution in [3.05, 3.63) is 28.3 Å². The summed E-state index contributed by atoms with van der Waals surface area (Å²) in [6.45, 7) is 8.76. The highest BCUT2D eigenvalue weighted by Gasteiger charge is 2.07. The summed E-state index contributed by atoms with van der Waals surface area (Å²) in [5, 5.41) is 10.8. The molecule has 0 bridgehead atoms. The molecule has 0 fully saturated rings. The molecule has 1 aromatic rings. The van der Waals surface area contributed by atoms with Gasteiger partial charge in [-0.3, -0.25) is 0 Å². The zero-order valence-electron chi connectivity index (χ0n) is 12.3. The van der Waals surface area contributed by atoms with Crippen LogP contribution in [-0.4, -0.2) is 26.3 Å². The number of isocyanates is 2. The van der Waals surface area contributed by atoms with Crippen LogP contribution in [0.4, 0.5) is 5.69 Å². The lowest BCUT2D eigenvalue weighted by Crippen LogP contribution is -2.11. The Morgan fingerprint density at radius 2 is 1.26 bits per heavy atom. The molecule has 0 aromatic heterocycles. The number of carbonyl (C=O) groups excluding carboxylic acids is 2. The maximum atomic E-state index is 8.35. The lowest BCUT2D eigenvalue weighted by atomic mass is 9.97. The summed E-state index contributed by atoms with van der Waals surface area (Å²) in [6, 6.07) is 2.26. The largest absolute Gasteiger partial charge is 0.377 e. The van der Waals surface area contributed by atoms with Gasteiger partial charge in [-0.25, -0.2) is 20.4 Å². The number of benzene rings is 1. The number of hydrogen-bond acceptors (Lipinski definition) is 5. The van der Waals surface area contributed by atoms with Crippen LogP contribution in [0.15, 0.2) is 6.07 Å². The Kier molecular flexibility index (Phi) is 9.84. The van der Waals surface area contributed by atoms with Crippen LogP contribution in [0.1, 0.15) is 22.3 Å². The Balaban J connectivity index is 0. The number of nitrogens with one attached hydrogen (secondary N) is 2. The van der Waals surface area contributed by atoms with Crippen LogP contribution in [-0.2, 0) is 9.59 Å². The third-order valence-corrected chi connectivity index (χ3v) is 2.94. The van der Waals surface area contributed by atoms with Crippen LogP contribution in [0.2, 0.25) is 0 Å². The third-order valence-electron chi connectivity index (χ3n) is 2.94. The van der Waals surface area contributed by atoms with Crippen molar-refractivity contribution in [3.8, 4) is 0 Å². The molecule has 0 aliphatic carbocycles. The predicted molar refractivity (Wildman–Crippen MR) is 76.5 cm³/mol. The number of nitrogens with zero attached hydrogens (tertiary/aromatic N) is 1. The van der Waals surface area contributed by atoms with E-state index in [1.807, 2.05) is 0 Å². The predicted octanol–water partition coefficient (Wildman–Crippen LogP) is 2.79. The van der Waals surface area contributed by atoms with Crippen molar-refractivity contribution in [2.45, 2.75) is 27.7 Å². The van der Waals surface area contributed by atoms with Gasteiger partial charge in [0.1, 0.15) is 0 Å². The first-order chi connectivity index (χ1) is 8.78. The van der Waals surface area contributed by atoms with Crippen LogP contribution in [0.5, 0.6) is 0 Å². The fourth-order valence-electron chi connectivity index (χ4n) is 1.66. The van der Waals surface area contributed by atoms with Crippen LogP contribution in [0.25, 0.3) is 0 Å². The first kappa shape index (κ1) is 19.1. The highest BCUT2D eigenvalue weighted by molar-refractivity contribution is 5.59. The summed E-state index contributed by atoms with van der Waals surface area (Å²) in [6.07, 6.45) is 1.50. The van der Waals surface area contributed by atoms with Crippen LogP contribution in [0, 0.1) is 38.5 Å². The van der Waals surface area contributed by atoms with E-state index in [4.69, 9.17) is 20.4 Å². The molecule has 0 saturated carbocycles. The first-order valence-electron chi connectivity index (χ1n) is 5.60. The number of hydrogen-bond donors (Lipinski definition) is 2. The molecule has 1 aromatic carbocycles. The SMILES string of the molecule is Cc1cc(N(C)C)c(C)c(C)c1C.N=C=O.N=C=O. The van der Waals surface area contributed by atoms with Gasteiger partial charge in [0.15, 0.2) is 0 Å². The number of anilines is 1. The molecule has 2 N–H and O–H groups in total. The van der Waals surface area contributed by atoms with E-state index in [1.165, 1.54) is 27.9 Å². The molecule has 0 saturated heterocycles. The quantitative estimate of drug-likeness (QED) is 0.603. The Labute approximate surface area is 114 Å². The van der Waals surface area contributed by atoms with Gasteiger partial charge in [0.2, 0.25) is 12.2 Å². The van der Waals surface area contributed by atoms with Crippen molar-refractivity contribution >= 4 is 17.8 Å². The van der Waals surface area contributed by atoms with Gasteiger partial charge in [0.05, 0.1) is 0 Å². The van der Waals surface area contributed by atoms with Crippen LogP contribution < -0.4 is 4.90 Å². The molecule has 5 nitrogen and oxygen atoms in total. The standard InChI is InChI=1S/C12H19N.2CHNO/c1-8-7-12(13(5)6)11(4)10(3)9(8)2;2*2-1-3/h7H,1-6H3;2*2H. The van der Waals surface area contributed by atoms with Gasteiger partial charge in [-0.05, 0) is 56.0 Å². The molecule has 0 amide bonds. The second kappa shape index (κ2) is 9.77. The lowest BCUT2D eigenvalue weighted by Gasteiger charge is -2.20. The van der Waals surface area contributed by atoms with E-state index >= 15 is 0 Å². The van der Waals surface area contributed by atoms with E-state index in [9.17, 15) is 0 Å². The van der Waals surface area contributed by atoms with E-state index in [2.05, 4.69) is 52.8 Å². The van der Waals surface area contributed by atoms with E-state index in [0.29, 0.717) is 0 Å². The topological polar surface area (TPSA) is 85.1 Å². The number of rotatable bonds is 1. The maximum Gasteiger partial charge on any atom is 0.231 e. The zero-order valence-corrected chi connectivity index (χ0v) is 12.3. The Bertz CT molecular complexity index is 470. The van der Waals surface area contributed by atoms with Crippen molar-refractivity contribution in [2.24, 2.45) is 0 Å². The minimum absolute atomic E-state index is 0.750. The average Bonchev–Trinajstić information content (AvgIpc) is 2.33. The molecule has 0 unspecified atom stereocenters. The van der Waals surface area contributed by atoms with Gasteiger partial charge in [0, 0.05) is 19.8 Å². The maximum absolute atomic E-state index is 8.35. The normalized spacial score (nSPS) is 7.89. The molecule has 0 heterocycles. The van der Waals surface area contributed by atoms with E-state index in [-0.39, 0.29) is 0 Å². The molecular weight excluding hydrogens is 242 g/mol. The highest BCUT2D eigenvalue weighted by atomic mass is 16.1. The summed E-state index contributed by atoms with van der Waals surface area (Å²) in [4.78, 5) is 18.9. The summed E-state index contributed by atoms with van der Waals surface area (Å²) in [5.74, 6) is 0. The average molecular weight is 263 g/mol. The fourth-order valence-corrected chi connectivity index (χ4v) is 1.66. The minimum Gasteiger partial charge on any atom is -0.377 e. The van der Waals surface area contributed by atoms with Crippen molar-refractivity contribution < 1.29 is 9.59 Å². The van der Waals surface area contributed by atoms with Crippen molar-refractivity contribution in [2.75, 3.05) is 19.0 Å². The molecule has 0 aliphatic rings. The molecule has 104 valence electrons. The van der Waals surface area contributed by atoms with E-state index in [1.54, 1.807) is 0 Å². The first-order valence-corrected chi connectivity index (χ1v) is 5.60. The minimum atomic E-state index is 0.750. The van der Waals surface area contributed by atoms with Crippen LogP contribution >= 0.6 is 0 Å². The van der Waals surface area contributed by atoms with Crippen LogP contribution in [0.3, 0.4) is 0 Å². The monoisotopic (exact) mass is 263 g/mol. The molecule has 5 heteroatoms. The summed E-state index contributed by atoms with van der Waals surface area (Å²) < 4.78 is 0. The smallest absolute Gasteiger partial charge is 0.231 e. The van der Waals surface area contributed by atoms with Gasteiger partial charge in [0.25, 0.3) is 0 Å². The number of aryl methyl sites for hydroxylation is 1. The zero-order chi connectivity index (χ0) is 15.6. The molecule has 1 rings (SSSR count). The van der Waals surface area contributed by atoms with Crippen molar-refractivity contribution in [1.82, 2.24) is 0 Å². The Morgan fingerprint density at radius 1 is 0.895 bits per heavy atom. The second-order valence-corrected chi connectivity index (χ2v) is 4.19. The van der Waals surface area contributed by atoms with Gasteiger partial charge in [-0.15, -0.1) is 0 Å². The van der Waals surface area contributed by atoms with Gasteiger partial charge < -0.3 is 4.90 Å². The molecule has 0 spiro atoms.